The van der Waals surface area contributed by atoms with Gasteiger partial charge in [0, 0.05) is 38.4 Å². The van der Waals surface area contributed by atoms with Crippen molar-refractivity contribution in [2.75, 3.05) is 13.1 Å². The molecule has 2 atom stereocenters. The molecule has 2 aromatic rings. The minimum atomic E-state index is -0.216. The van der Waals surface area contributed by atoms with Crippen molar-refractivity contribution >= 4 is 11.8 Å². The standard InChI is InChI=1S/C22H27N3O2/c1-3-24(16-17-12-14-23-15-13-17)22(27)19-10-11-20(26)25(4-2)21(19)18-8-6-5-7-9-18/h5-9,12-15,19,21H,3-4,10-11,16H2,1-2H3/t19-,21+/m1/s1. The van der Waals surface area contributed by atoms with Gasteiger partial charge in [0.25, 0.3) is 0 Å². The second-order valence-electron chi connectivity index (χ2n) is 6.89. The van der Waals surface area contributed by atoms with Crippen molar-refractivity contribution in [2.24, 2.45) is 5.92 Å². The average Bonchev–Trinajstić information content (AvgIpc) is 2.72. The van der Waals surface area contributed by atoms with Crippen LogP contribution in [0.4, 0.5) is 0 Å². The Labute approximate surface area is 161 Å². The zero-order chi connectivity index (χ0) is 19.2. The lowest BCUT2D eigenvalue weighted by atomic mass is 9.83. The molecule has 0 saturated carbocycles. The summed E-state index contributed by atoms with van der Waals surface area (Å²) in [6, 6.07) is 13.6. The Morgan fingerprint density at radius 2 is 1.85 bits per heavy atom. The number of nitrogens with zero attached hydrogens (tertiary/aromatic N) is 3. The highest BCUT2D eigenvalue weighted by molar-refractivity contribution is 5.85. The molecule has 3 rings (SSSR count). The zero-order valence-corrected chi connectivity index (χ0v) is 16.0. The average molecular weight is 365 g/mol. The number of hydrogen-bond acceptors (Lipinski definition) is 3. The summed E-state index contributed by atoms with van der Waals surface area (Å²) in [5.41, 5.74) is 2.10. The van der Waals surface area contributed by atoms with Crippen molar-refractivity contribution in [1.29, 1.82) is 0 Å². The summed E-state index contributed by atoms with van der Waals surface area (Å²) in [4.78, 5) is 33.8. The predicted octanol–water partition coefficient (Wildman–Crippen LogP) is 3.43. The van der Waals surface area contributed by atoms with Crippen LogP contribution in [0.2, 0.25) is 0 Å². The molecule has 0 aliphatic carbocycles. The third-order valence-electron chi connectivity index (χ3n) is 5.32. The smallest absolute Gasteiger partial charge is 0.228 e. The van der Waals surface area contributed by atoms with E-state index in [-0.39, 0.29) is 23.8 Å². The van der Waals surface area contributed by atoms with Gasteiger partial charge in [0.1, 0.15) is 0 Å². The van der Waals surface area contributed by atoms with Crippen LogP contribution in [0, 0.1) is 5.92 Å². The fourth-order valence-electron chi connectivity index (χ4n) is 3.94. The van der Waals surface area contributed by atoms with Crippen LogP contribution in [0.1, 0.15) is 43.9 Å². The highest BCUT2D eigenvalue weighted by Crippen LogP contribution is 2.37. The van der Waals surface area contributed by atoms with Crippen molar-refractivity contribution in [3.05, 3.63) is 66.0 Å². The van der Waals surface area contributed by atoms with Crippen molar-refractivity contribution in [1.82, 2.24) is 14.8 Å². The zero-order valence-electron chi connectivity index (χ0n) is 16.0. The Balaban J connectivity index is 1.88. The number of amides is 2. The lowest BCUT2D eigenvalue weighted by Crippen LogP contribution is -2.48. The van der Waals surface area contributed by atoms with E-state index in [2.05, 4.69) is 4.98 Å². The number of rotatable bonds is 6. The van der Waals surface area contributed by atoms with Crippen molar-refractivity contribution < 1.29 is 9.59 Å². The Hall–Kier alpha value is -2.69. The topological polar surface area (TPSA) is 53.5 Å². The van der Waals surface area contributed by atoms with E-state index < -0.39 is 0 Å². The molecular weight excluding hydrogens is 338 g/mol. The molecule has 0 bridgehead atoms. The molecule has 5 nitrogen and oxygen atoms in total. The molecule has 1 fully saturated rings. The second kappa shape index (κ2) is 8.80. The predicted molar refractivity (Wildman–Crippen MR) is 105 cm³/mol. The van der Waals surface area contributed by atoms with E-state index in [4.69, 9.17) is 0 Å². The van der Waals surface area contributed by atoms with E-state index in [9.17, 15) is 9.59 Å². The second-order valence-corrected chi connectivity index (χ2v) is 6.89. The van der Waals surface area contributed by atoms with Gasteiger partial charge in [-0.15, -0.1) is 0 Å². The first-order valence-electron chi connectivity index (χ1n) is 9.67. The number of likely N-dealkylation sites (tertiary alicyclic amines) is 1. The number of pyridine rings is 1. The maximum absolute atomic E-state index is 13.5. The fraction of sp³-hybridized carbons (Fsp3) is 0.409. The summed E-state index contributed by atoms with van der Waals surface area (Å²) in [6.45, 7) is 5.80. The van der Waals surface area contributed by atoms with E-state index in [0.717, 1.165) is 11.1 Å². The third kappa shape index (κ3) is 4.18. The maximum Gasteiger partial charge on any atom is 0.228 e. The van der Waals surface area contributed by atoms with Crippen LogP contribution in [0.25, 0.3) is 0 Å². The van der Waals surface area contributed by atoms with Crippen LogP contribution < -0.4 is 0 Å². The molecule has 27 heavy (non-hydrogen) atoms. The monoisotopic (exact) mass is 365 g/mol. The largest absolute Gasteiger partial charge is 0.338 e. The van der Waals surface area contributed by atoms with Gasteiger partial charge < -0.3 is 9.80 Å². The number of aromatic nitrogens is 1. The van der Waals surface area contributed by atoms with Gasteiger partial charge in [0.2, 0.25) is 11.8 Å². The van der Waals surface area contributed by atoms with Crippen LogP contribution in [0.5, 0.6) is 0 Å². The molecule has 1 aliphatic heterocycles. The van der Waals surface area contributed by atoms with Gasteiger partial charge in [-0.25, -0.2) is 0 Å². The first kappa shape index (κ1) is 19.1. The van der Waals surface area contributed by atoms with Crippen molar-refractivity contribution in [2.45, 2.75) is 39.3 Å². The van der Waals surface area contributed by atoms with E-state index >= 15 is 0 Å². The van der Waals surface area contributed by atoms with Crippen molar-refractivity contribution in [3.63, 3.8) is 0 Å². The normalized spacial score (nSPS) is 19.8. The van der Waals surface area contributed by atoms with Crippen LogP contribution >= 0.6 is 0 Å². The molecule has 1 aromatic carbocycles. The molecule has 1 saturated heterocycles. The van der Waals surface area contributed by atoms with E-state index in [0.29, 0.717) is 32.5 Å². The summed E-state index contributed by atoms with van der Waals surface area (Å²) in [5.74, 6) is 0.0357. The molecule has 0 N–H and O–H groups in total. The molecule has 0 radical (unpaired) electrons. The Bertz CT molecular complexity index is 764. The third-order valence-corrected chi connectivity index (χ3v) is 5.32. The molecule has 2 heterocycles. The molecule has 142 valence electrons. The number of carbonyl (C=O) groups excluding carboxylic acids is 2. The van der Waals surface area contributed by atoms with Gasteiger partial charge >= 0.3 is 0 Å². The molecule has 1 aromatic heterocycles. The molecule has 0 unspecified atom stereocenters. The lowest BCUT2D eigenvalue weighted by molar-refractivity contribution is -0.148. The van der Waals surface area contributed by atoms with E-state index in [1.54, 1.807) is 12.4 Å². The van der Waals surface area contributed by atoms with E-state index in [1.807, 2.05) is 66.1 Å². The van der Waals surface area contributed by atoms with E-state index in [1.165, 1.54) is 0 Å². The van der Waals surface area contributed by atoms with Gasteiger partial charge in [0.05, 0.1) is 12.0 Å². The summed E-state index contributed by atoms with van der Waals surface area (Å²) < 4.78 is 0. The fourth-order valence-corrected chi connectivity index (χ4v) is 3.94. The molecule has 1 aliphatic rings. The Morgan fingerprint density at radius 3 is 2.48 bits per heavy atom. The van der Waals surface area contributed by atoms with Gasteiger partial charge in [0.15, 0.2) is 0 Å². The highest BCUT2D eigenvalue weighted by atomic mass is 16.2. The number of benzene rings is 1. The van der Waals surface area contributed by atoms with Gasteiger partial charge in [-0.05, 0) is 43.5 Å². The highest BCUT2D eigenvalue weighted by Gasteiger charge is 2.41. The first-order chi connectivity index (χ1) is 13.2. The summed E-state index contributed by atoms with van der Waals surface area (Å²) in [5, 5.41) is 0. The number of hydrogen-bond donors (Lipinski definition) is 0. The molecule has 5 heteroatoms. The molecular formula is C22H27N3O2. The van der Waals surface area contributed by atoms with Crippen LogP contribution in [0.15, 0.2) is 54.9 Å². The maximum atomic E-state index is 13.5. The minimum absolute atomic E-state index is 0.120. The number of piperidine rings is 1. The summed E-state index contributed by atoms with van der Waals surface area (Å²) in [7, 11) is 0. The van der Waals surface area contributed by atoms with Crippen LogP contribution in [0.3, 0.4) is 0 Å². The van der Waals surface area contributed by atoms with Crippen LogP contribution in [-0.2, 0) is 16.1 Å². The van der Waals surface area contributed by atoms with Gasteiger partial charge in [-0.2, -0.15) is 0 Å². The molecule has 0 spiro atoms. The lowest BCUT2D eigenvalue weighted by Gasteiger charge is -2.42. The minimum Gasteiger partial charge on any atom is -0.338 e. The first-order valence-corrected chi connectivity index (χ1v) is 9.67. The number of carbonyl (C=O) groups is 2. The van der Waals surface area contributed by atoms with Crippen molar-refractivity contribution in [3.8, 4) is 0 Å². The Kier molecular flexibility index (Phi) is 6.22. The van der Waals surface area contributed by atoms with Crippen LogP contribution in [-0.4, -0.2) is 39.7 Å². The molecule has 2 amide bonds. The quantitative estimate of drug-likeness (QED) is 0.788. The van der Waals surface area contributed by atoms with Gasteiger partial charge in [-0.1, -0.05) is 30.3 Å². The Morgan fingerprint density at radius 1 is 1.15 bits per heavy atom. The SMILES string of the molecule is CCN(Cc1ccncc1)C(=O)[C@@H]1CCC(=O)N(CC)[C@H]1c1ccccc1. The summed E-state index contributed by atoms with van der Waals surface area (Å²) in [6.07, 6.45) is 4.53. The van der Waals surface area contributed by atoms with Gasteiger partial charge in [-0.3, -0.25) is 14.6 Å². The summed E-state index contributed by atoms with van der Waals surface area (Å²) >= 11 is 0.